The third-order valence-electron chi connectivity index (χ3n) is 4.57. The molecule has 29 heavy (non-hydrogen) atoms. The van der Waals surface area contributed by atoms with Gasteiger partial charge in [-0.05, 0) is 67.6 Å². The summed E-state index contributed by atoms with van der Waals surface area (Å²) in [6.07, 6.45) is 0.517. The van der Waals surface area contributed by atoms with E-state index in [1.165, 1.54) is 11.1 Å². The lowest BCUT2D eigenvalue weighted by molar-refractivity contribution is -0.120. The summed E-state index contributed by atoms with van der Waals surface area (Å²) in [4.78, 5) is 11.3. The van der Waals surface area contributed by atoms with Gasteiger partial charge in [0.2, 0.25) is 5.91 Å². The number of carbonyl (C=O) groups is 1. The van der Waals surface area contributed by atoms with Gasteiger partial charge in [-0.2, -0.15) is 5.26 Å². The highest BCUT2D eigenvalue weighted by Gasteiger charge is 2.08. The highest BCUT2D eigenvalue weighted by Crippen LogP contribution is 2.28. The lowest BCUT2D eigenvalue weighted by Gasteiger charge is -2.15. The molecule has 2 aromatic rings. The number of aryl methyl sites for hydroxylation is 2. The predicted octanol–water partition coefficient (Wildman–Crippen LogP) is 3.65. The molecular weight excluding hydrogens is 368 g/mol. The van der Waals surface area contributed by atoms with E-state index in [1.54, 1.807) is 7.11 Å². The van der Waals surface area contributed by atoms with Gasteiger partial charge in [-0.25, -0.2) is 0 Å². The second-order valence-corrected chi connectivity index (χ2v) is 6.82. The highest BCUT2D eigenvalue weighted by molar-refractivity contribution is 5.77. The molecule has 6 heteroatoms. The first-order chi connectivity index (χ1) is 13.9. The fraction of sp³-hybridized carbons (Fsp3) is 0.391. The van der Waals surface area contributed by atoms with Crippen LogP contribution in [0.15, 0.2) is 30.3 Å². The van der Waals surface area contributed by atoms with Gasteiger partial charge in [0.15, 0.2) is 11.5 Å². The van der Waals surface area contributed by atoms with Crippen molar-refractivity contribution in [2.45, 2.75) is 33.6 Å². The molecule has 0 aliphatic heterocycles. The molecule has 6 nitrogen and oxygen atoms in total. The van der Waals surface area contributed by atoms with Crippen molar-refractivity contribution in [3.8, 4) is 23.3 Å². The van der Waals surface area contributed by atoms with Crippen LogP contribution in [0.5, 0.6) is 17.2 Å². The fourth-order valence-corrected chi connectivity index (χ4v) is 2.92. The first-order valence-electron chi connectivity index (χ1n) is 9.58. The highest BCUT2D eigenvalue weighted by atomic mass is 16.5. The van der Waals surface area contributed by atoms with Crippen LogP contribution in [0.1, 0.15) is 28.7 Å². The predicted molar refractivity (Wildman–Crippen MR) is 112 cm³/mol. The summed E-state index contributed by atoms with van der Waals surface area (Å²) in [6, 6.07) is 11.7. The Morgan fingerprint density at radius 3 is 2.45 bits per heavy atom. The molecule has 2 aromatic carbocycles. The molecule has 0 aromatic heterocycles. The van der Waals surface area contributed by atoms with Gasteiger partial charge in [-0.1, -0.05) is 12.1 Å². The number of hydrogen-bond donors (Lipinski definition) is 1. The second-order valence-electron chi connectivity index (χ2n) is 6.82. The number of rotatable bonds is 10. The van der Waals surface area contributed by atoms with Crippen LogP contribution in [-0.2, 0) is 11.2 Å². The standard InChI is InChI=1S/C23H28N2O4/c1-16-13-17(2)18(3)21(14-16)29-12-11-28-20-6-5-19(15-22(20)27-4)8-10-25-23(26)7-9-24/h5-6,13-15H,7-8,10-12H2,1-4H3,(H,25,26). The summed E-state index contributed by atoms with van der Waals surface area (Å²) in [5, 5.41) is 11.2. The number of methoxy groups -OCH3 is 1. The Balaban J connectivity index is 1.86. The minimum atomic E-state index is -0.265. The Morgan fingerprint density at radius 1 is 1.03 bits per heavy atom. The molecule has 0 atom stereocenters. The van der Waals surface area contributed by atoms with Crippen molar-refractivity contribution < 1.29 is 19.0 Å². The van der Waals surface area contributed by atoms with Gasteiger partial charge in [-0.15, -0.1) is 0 Å². The normalized spacial score (nSPS) is 10.2. The lowest BCUT2D eigenvalue weighted by Crippen LogP contribution is -2.24. The van der Waals surface area contributed by atoms with Crippen LogP contribution in [0.2, 0.25) is 0 Å². The summed E-state index contributed by atoms with van der Waals surface area (Å²) >= 11 is 0. The SMILES string of the molecule is COc1cc(CCNC(=O)CC#N)ccc1OCCOc1cc(C)cc(C)c1C. The molecule has 0 radical (unpaired) electrons. The van der Waals surface area contributed by atoms with E-state index in [0.717, 1.165) is 16.9 Å². The number of nitrogens with zero attached hydrogens (tertiary/aromatic N) is 1. The number of carbonyl (C=O) groups excluding carboxylic acids is 1. The molecular formula is C23H28N2O4. The zero-order valence-electron chi connectivity index (χ0n) is 17.5. The topological polar surface area (TPSA) is 80.6 Å². The maximum atomic E-state index is 11.3. The molecule has 1 N–H and O–H groups in total. The van der Waals surface area contributed by atoms with Crippen molar-refractivity contribution in [3.05, 3.63) is 52.6 Å². The van der Waals surface area contributed by atoms with Gasteiger partial charge in [0.05, 0.1) is 13.2 Å². The molecule has 0 unspecified atom stereocenters. The molecule has 0 saturated carbocycles. The minimum Gasteiger partial charge on any atom is -0.493 e. The Hall–Kier alpha value is -3.20. The number of hydrogen-bond acceptors (Lipinski definition) is 5. The second kappa shape index (κ2) is 11.0. The zero-order valence-corrected chi connectivity index (χ0v) is 17.5. The molecule has 0 spiro atoms. The van der Waals surface area contributed by atoms with Crippen molar-refractivity contribution in [3.63, 3.8) is 0 Å². The molecule has 0 fully saturated rings. The van der Waals surface area contributed by atoms with Gasteiger partial charge < -0.3 is 19.5 Å². The first kappa shape index (κ1) is 22.1. The maximum Gasteiger partial charge on any atom is 0.234 e. The number of ether oxygens (including phenoxy) is 3. The number of nitrogens with one attached hydrogen (secondary N) is 1. The Morgan fingerprint density at radius 2 is 1.76 bits per heavy atom. The van der Waals surface area contributed by atoms with E-state index < -0.39 is 0 Å². The smallest absolute Gasteiger partial charge is 0.234 e. The van der Waals surface area contributed by atoms with Crippen LogP contribution in [0.3, 0.4) is 0 Å². The zero-order chi connectivity index (χ0) is 21.2. The largest absolute Gasteiger partial charge is 0.493 e. The summed E-state index contributed by atoms with van der Waals surface area (Å²) in [5.74, 6) is 1.89. The van der Waals surface area contributed by atoms with E-state index in [-0.39, 0.29) is 12.3 Å². The molecule has 0 saturated heterocycles. The average molecular weight is 396 g/mol. The molecule has 154 valence electrons. The van der Waals surface area contributed by atoms with Gasteiger partial charge >= 0.3 is 0 Å². The summed E-state index contributed by atoms with van der Waals surface area (Å²) < 4.78 is 17.1. The van der Waals surface area contributed by atoms with E-state index in [4.69, 9.17) is 19.5 Å². The van der Waals surface area contributed by atoms with Crippen molar-refractivity contribution in [2.24, 2.45) is 0 Å². The summed E-state index contributed by atoms with van der Waals surface area (Å²) in [7, 11) is 1.59. The number of nitriles is 1. The van der Waals surface area contributed by atoms with Crippen LogP contribution in [0.25, 0.3) is 0 Å². The molecule has 0 bridgehead atoms. The Bertz CT molecular complexity index is 887. The van der Waals surface area contributed by atoms with Crippen LogP contribution in [0.4, 0.5) is 0 Å². The molecule has 0 aliphatic rings. The van der Waals surface area contributed by atoms with E-state index >= 15 is 0 Å². The van der Waals surface area contributed by atoms with Crippen LogP contribution < -0.4 is 19.5 Å². The van der Waals surface area contributed by atoms with E-state index in [1.807, 2.05) is 30.3 Å². The number of amides is 1. The van der Waals surface area contributed by atoms with Crippen molar-refractivity contribution >= 4 is 5.91 Å². The maximum absolute atomic E-state index is 11.3. The van der Waals surface area contributed by atoms with Crippen molar-refractivity contribution in [1.29, 1.82) is 5.26 Å². The first-order valence-corrected chi connectivity index (χ1v) is 9.58. The third-order valence-corrected chi connectivity index (χ3v) is 4.57. The van der Waals surface area contributed by atoms with Crippen LogP contribution in [0, 0.1) is 32.1 Å². The van der Waals surface area contributed by atoms with Crippen molar-refractivity contribution in [1.82, 2.24) is 5.32 Å². The fourth-order valence-electron chi connectivity index (χ4n) is 2.92. The van der Waals surface area contributed by atoms with E-state index in [9.17, 15) is 4.79 Å². The van der Waals surface area contributed by atoms with Gasteiger partial charge in [0.1, 0.15) is 25.4 Å². The van der Waals surface area contributed by atoms with Crippen LogP contribution >= 0.6 is 0 Å². The van der Waals surface area contributed by atoms with Gasteiger partial charge in [0.25, 0.3) is 0 Å². The molecule has 2 rings (SSSR count). The minimum absolute atomic E-state index is 0.125. The summed E-state index contributed by atoms with van der Waals surface area (Å²) in [5.41, 5.74) is 4.53. The number of benzene rings is 2. The average Bonchev–Trinajstić information content (AvgIpc) is 2.69. The van der Waals surface area contributed by atoms with Gasteiger partial charge in [0, 0.05) is 6.54 Å². The summed E-state index contributed by atoms with van der Waals surface area (Å²) in [6.45, 7) is 7.47. The molecule has 1 amide bonds. The molecule has 0 heterocycles. The van der Waals surface area contributed by atoms with Gasteiger partial charge in [-0.3, -0.25) is 4.79 Å². The van der Waals surface area contributed by atoms with E-state index in [2.05, 4.69) is 32.2 Å². The monoisotopic (exact) mass is 396 g/mol. The molecule has 0 aliphatic carbocycles. The Kier molecular flexibility index (Phi) is 8.35. The third kappa shape index (κ3) is 6.72. The van der Waals surface area contributed by atoms with Crippen LogP contribution in [-0.4, -0.2) is 32.8 Å². The quantitative estimate of drug-likeness (QED) is 0.620. The van der Waals surface area contributed by atoms with Crippen molar-refractivity contribution in [2.75, 3.05) is 26.9 Å². The Labute approximate surface area is 172 Å². The van der Waals surface area contributed by atoms with E-state index in [0.29, 0.717) is 37.7 Å². The lowest BCUT2D eigenvalue weighted by atomic mass is 10.1.